The van der Waals surface area contributed by atoms with Gasteiger partial charge in [-0.25, -0.2) is 0 Å². The van der Waals surface area contributed by atoms with E-state index in [9.17, 15) is 10.1 Å². The van der Waals surface area contributed by atoms with E-state index in [2.05, 4.69) is 34.2 Å². The van der Waals surface area contributed by atoms with Crippen molar-refractivity contribution in [3.05, 3.63) is 56.9 Å². The highest BCUT2D eigenvalue weighted by molar-refractivity contribution is 7.99. The Bertz CT molecular complexity index is 1110. The maximum absolute atomic E-state index is 12.7. The van der Waals surface area contributed by atoms with E-state index in [4.69, 9.17) is 0 Å². The molecule has 3 heterocycles. The molecule has 0 atom stereocenters. The van der Waals surface area contributed by atoms with Crippen LogP contribution in [0.15, 0.2) is 35.3 Å². The van der Waals surface area contributed by atoms with E-state index in [1.807, 2.05) is 22.1 Å². The molecule has 1 amide bonds. The summed E-state index contributed by atoms with van der Waals surface area (Å²) in [4.78, 5) is 15.1. The number of aryl methyl sites for hydroxylation is 1. The number of aromatic nitrogens is 3. The average molecular weight is 470 g/mol. The Balaban J connectivity index is 1.43. The number of fused-ring (bicyclic) bond motifs is 1. The highest BCUT2D eigenvalue weighted by atomic mass is 32.2. The van der Waals surface area contributed by atoms with Crippen LogP contribution in [0.1, 0.15) is 46.0 Å². The highest BCUT2D eigenvalue weighted by Gasteiger charge is 2.21. The highest BCUT2D eigenvalue weighted by Crippen LogP contribution is 2.37. The topological polar surface area (TPSA) is 83.6 Å². The van der Waals surface area contributed by atoms with Gasteiger partial charge in [-0.3, -0.25) is 4.79 Å². The number of allylic oxidation sites excluding steroid dienone is 1. The quantitative estimate of drug-likeness (QED) is 0.284. The largest absolute Gasteiger partial charge is 0.316 e. The van der Waals surface area contributed by atoms with Crippen molar-refractivity contribution in [3.63, 3.8) is 0 Å². The lowest BCUT2D eigenvalue weighted by molar-refractivity contribution is -0.113. The zero-order chi connectivity index (χ0) is 21.6. The van der Waals surface area contributed by atoms with Gasteiger partial charge in [0.25, 0.3) is 0 Å². The summed E-state index contributed by atoms with van der Waals surface area (Å²) in [6, 6.07) is 6.41. The number of rotatable bonds is 8. The fourth-order valence-corrected chi connectivity index (χ4v) is 6.40. The van der Waals surface area contributed by atoms with E-state index in [0.29, 0.717) is 28.7 Å². The summed E-state index contributed by atoms with van der Waals surface area (Å²) in [5.74, 6) is 0.937. The number of nitrogens with zero attached hydrogens (tertiary/aromatic N) is 4. The predicted octanol–water partition coefficient (Wildman–Crippen LogP) is 5.05. The molecule has 6 nitrogen and oxygen atoms in total. The van der Waals surface area contributed by atoms with Gasteiger partial charge in [-0.05, 0) is 42.7 Å². The third-order valence-corrected chi connectivity index (χ3v) is 8.19. The number of thiophene rings is 2. The molecule has 0 bridgehead atoms. The molecule has 1 aliphatic carbocycles. The monoisotopic (exact) mass is 469 g/mol. The van der Waals surface area contributed by atoms with E-state index in [-0.39, 0.29) is 11.7 Å². The van der Waals surface area contributed by atoms with Crippen LogP contribution in [0.25, 0.3) is 0 Å². The second-order valence-electron chi connectivity index (χ2n) is 7.27. The van der Waals surface area contributed by atoms with Gasteiger partial charge in [-0.2, -0.15) is 5.26 Å². The van der Waals surface area contributed by atoms with Crippen LogP contribution in [0.4, 0.5) is 5.00 Å². The number of thioether (sulfide) groups is 1. The Labute approximate surface area is 194 Å². The lowest BCUT2D eigenvalue weighted by atomic mass is 10.1. The third-order valence-electron chi connectivity index (χ3n) is 5.14. The molecule has 0 spiro atoms. The minimum atomic E-state index is -0.133. The molecule has 0 saturated heterocycles. The van der Waals surface area contributed by atoms with Crippen molar-refractivity contribution < 1.29 is 4.79 Å². The van der Waals surface area contributed by atoms with Gasteiger partial charge in [0.15, 0.2) is 5.16 Å². The summed E-state index contributed by atoms with van der Waals surface area (Å²) in [6.07, 6.45) is 7.89. The molecule has 0 unspecified atom stereocenters. The lowest BCUT2D eigenvalue weighted by Crippen LogP contribution is -2.15. The van der Waals surface area contributed by atoms with E-state index >= 15 is 0 Å². The first-order chi connectivity index (χ1) is 15.2. The number of nitriles is 1. The van der Waals surface area contributed by atoms with Crippen LogP contribution in [0.3, 0.4) is 0 Å². The number of anilines is 1. The molecule has 31 heavy (non-hydrogen) atoms. The zero-order valence-corrected chi connectivity index (χ0v) is 19.5. The summed E-state index contributed by atoms with van der Waals surface area (Å²) >= 11 is 4.60. The molecular weight excluding hydrogens is 446 g/mol. The Morgan fingerprint density at radius 1 is 1.35 bits per heavy atom. The van der Waals surface area contributed by atoms with Crippen molar-refractivity contribution >= 4 is 45.3 Å². The average Bonchev–Trinajstić information content (AvgIpc) is 3.44. The van der Waals surface area contributed by atoms with E-state index in [1.165, 1.54) is 27.9 Å². The number of amides is 1. The third kappa shape index (κ3) is 5.09. The second-order valence-corrected chi connectivity index (χ2v) is 10.4. The summed E-state index contributed by atoms with van der Waals surface area (Å²) in [5, 5.41) is 24.7. The number of nitrogens with one attached hydrogen (secondary N) is 1. The predicted molar refractivity (Wildman–Crippen MR) is 127 cm³/mol. The van der Waals surface area contributed by atoms with Crippen LogP contribution in [0.5, 0.6) is 0 Å². The molecular formula is C22H23N5OS3. The molecule has 0 fully saturated rings. The molecule has 1 N–H and O–H groups in total. The van der Waals surface area contributed by atoms with E-state index in [0.717, 1.165) is 37.1 Å². The van der Waals surface area contributed by atoms with Gasteiger partial charge in [0.05, 0.1) is 11.3 Å². The summed E-state index contributed by atoms with van der Waals surface area (Å²) in [6.45, 7) is 4.42. The first-order valence-corrected chi connectivity index (χ1v) is 12.9. The van der Waals surface area contributed by atoms with Gasteiger partial charge in [0, 0.05) is 22.7 Å². The van der Waals surface area contributed by atoms with Crippen molar-refractivity contribution in [1.29, 1.82) is 5.26 Å². The normalized spacial score (nSPS) is 13.3. The van der Waals surface area contributed by atoms with Gasteiger partial charge >= 0.3 is 0 Å². The minimum absolute atomic E-state index is 0.133. The number of carbonyl (C=O) groups excluding carboxylic acids is 1. The van der Waals surface area contributed by atoms with Crippen LogP contribution in [0.2, 0.25) is 0 Å². The van der Waals surface area contributed by atoms with E-state index < -0.39 is 0 Å². The van der Waals surface area contributed by atoms with Crippen LogP contribution in [-0.4, -0.2) is 26.4 Å². The number of carbonyl (C=O) groups is 1. The lowest BCUT2D eigenvalue weighted by Gasteiger charge is -2.07. The maximum atomic E-state index is 12.7. The molecule has 0 aliphatic heterocycles. The molecule has 0 radical (unpaired) electrons. The Morgan fingerprint density at radius 2 is 2.23 bits per heavy atom. The van der Waals surface area contributed by atoms with Crippen LogP contribution < -0.4 is 5.32 Å². The fraction of sp³-hybridized carbons (Fsp3) is 0.364. The van der Waals surface area contributed by atoms with Gasteiger partial charge in [-0.15, -0.1) is 39.4 Å². The van der Waals surface area contributed by atoms with Crippen LogP contribution in [-0.2, 0) is 30.6 Å². The van der Waals surface area contributed by atoms with Crippen LogP contribution >= 0.6 is 34.4 Å². The molecule has 0 aromatic carbocycles. The minimum Gasteiger partial charge on any atom is -0.316 e. The van der Waals surface area contributed by atoms with Gasteiger partial charge in [0.2, 0.25) is 5.91 Å². The maximum Gasteiger partial charge on any atom is 0.235 e. The zero-order valence-electron chi connectivity index (χ0n) is 17.1. The fourth-order valence-electron chi connectivity index (χ4n) is 3.68. The summed E-state index contributed by atoms with van der Waals surface area (Å²) in [5.41, 5.74) is 1.78. The van der Waals surface area contributed by atoms with Gasteiger partial charge in [-0.1, -0.05) is 30.3 Å². The standard InChI is InChI=1S/C22H23N5OS3/c1-2-10-27-19(12-15-7-6-11-29-15)25-26-22(27)30-14-20(28)24-21-17(13-23)16-8-4-3-5-9-18(16)31-21/h2,6-7,11H,1,3-5,8-10,12,14H2,(H,24,28). The Kier molecular flexibility index (Phi) is 7.22. The molecule has 4 rings (SSSR count). The summed E-state index contributed by atoms with van der Waals surface area (Å²) in [7, 11) is 0. The number of hydrogen-bond donors (Lipinski definition) is 1. The molecule has 9 heteroatoms. The molecule has 3 aromatic heterocycles. The van der Waals surface area contributed by atoms with Crippen molar-refractivity contribution in [2.24, 2.45) is 0 Å². The van der Waals surface area contributed by atoms with Crippen LogP contribution in [0, 0.1) is 11.3 Å². The SMILES string of the molecule is C=CCn1c(Cc2cccs2)nnc1SCC(=O)Nc1sc2c(c1C#N)CCCCC2. The Morgan fingerprint density at radius 3 is 3.00 bits per heavy atom. The summed E-state index contributed by atoms with van der Waals surface area (Å²) < 4.78 is 2.00. The first-order valence-electron chi connectivity index (χ1n) is 10.2. The van der Waals surface area contributed by atoms with E-state index in [1.54, 1.807) is 22.7 Å². The van der Waals surface area contributed by atoms with Crippen molar-refractivity contribution in [2.45, 2.75) is 50.2 Å². The van der Waals surface area contributed by atoms with Crippen molar-refractivity contribution in [1.82, 2.24) is 14.8 Å². The molecule has 1 aliphatic rings. The molecule has 3 aromatic rings. The van der Waals surface area contributed by atoms with Gasteiger partial charge < -0.3 is 9.88 Å². The molecule has 0 saturated carbocycles. The molecule has 160 valence electrons. The second kappa shape index (κ2) is 10.3. The first kappa shape index (κ1) is 21.8. The Hall–Kier alpha value is -2.41. The smallest absolute Gasteiger partial charge is 0.235 e. The van der Waals surface area contributed by atoms with Crippen molar-refractivity contribution in [2.75, 3.05) is 11.1 Å². The van der Waals surface area contributed by atoms with Gasteiger partial charge in [0.1, 0.15) is 16.9 Å². The van der Waals surface area contributed by atoms with Crippen molar-refractivity contribution in [3.8, 4) is 6.07 Å². The number of hydrogen-bond acceptors (Lipinski definition) is 7.